The van der Waals surface area contributed by atoms with Gasteiger partial charge in [0.05, 0.1) is 32.5 Å². The fourth-order valence-corrected chi connectivity index (χ4v) is 3.68. The SMILES string of the molecule is CCCOc1ccc(C(=O)NCC(c2ccc(C)cc2)N2CCOCC2)cc1OCC. The molecule has 6 heteroatoms. The molecule has 0 radical (unpaired) electrons. The van der Waals surface area contributed by atoms with E-state index in [4.69, 9.17) is 14.2 Å². The van der Waals surface area contributed by atoms with E-state index in [-0.39, 0.29) is 11.9 Å². The molecule has 1 fully saturated rings. The van der Waals surface area contributed by atoms with E-state index >= 15 is 0 Å². The molecule has 0 spiro atoms. The largest absolute Gasteiger partial charge is 0.490 e. The van der Waals surface area contributed by atoms with E-state index in [2.05, 4.69) is 48.3 Å². The molecule has 1 saturated heterocycles. The lowest BCUT2D eigenvalue weighted by Gasteiger charge is -2.35. The lowest BCUT2D eigenvalue weighted by Crippen LogP contribution is -2.43. The van der Waals surface area contributed by atoms with Crippen molar-refractivity contribution < 1.29 is 19.0 Å². The number of ether oxygens (including phenoxy) is 3. The summed E-state index contributed by atoms with van der Waals surface area (Å²) in [6.07, 6.45) is 0.912. The van der Waals surface area contributed by atoms with Crippen LogP contribution in [0.15, 0.2) is 42.5 Å². The predicted octanol–water partition coefficient (Wildman–Crippen LogP) is 3.99. The zero-order valence-corrected chi connectivity index (χ0v) is 18.9. The second-order valence-corrected chi connectivity index (χ2v) is 7.73. The van der Waals surface area contributed by atoms with Crippen LogP contribution in [0.25, 0.3) is 0 Å². The Labute approximate surface area is 185 Å². The number of amides is 1. The molecule has 6 nitrogen and oxygen atoms in total. The van der Waals surface area contributed by atoms with Gasteiger partial charge in [0, 0.05) is 25.2 Å². The molecule has 1 unspecified atom stereocenters. The average molecular weight is 427 g/mol. The lowest BCUT2D eigenvalue weighted by molar-refractivity contribution is 0.0162. The van der Waals surface area contributed by atoms with Crippen LogP contribution in [0.3, 0.4) is 0 Å². The number of carbonyl (C=O) groups excluding carboxylic acids is 1. The highest BCUT2D eigenvalue weighted by atomic mass is 16.5. The maximum atomic E-state index is 12.9. The first-order chi connectivity index (χ1) is 15.1. The summed E-state index contributed by atoms with van der Waals surface area (Å²) in [5.41, 5.74) is 2.99. The summed E-state index contributed by atoms with van der Waals surface area (Å²) in [4.78, 5) is 15.3. The molecular formula is C25H34N2O4. The van der Waals surface area contributed by atoms with Crippen LogP contribution in [0.2, 0.25) is 0 Å². The van der Waals surface area contributed by atoms with E-state index in [1.807, 2.05) is 13.0 Å². The highest BCUT2D eigenvalue weighted by Gasteiger charge is 2.23. The van der Waals surface area contributed by atoms with Crippen molar-refractivity contribution in [1.29, 1.82) is 0 Å². The Morgan fingerprint density at radius 1 is 1.06 bits per heavy atom. The van der Waals surface area contributed by atoms with Gasteiger partial charge in [0.2, 0.25) is 0 Å². The third-order valence-corrected chi connectivity index (χ3v) is 5.37. The van der Waals surface area contributed by atoms with Crippen LogP contribution in [0.5, 0.6) is 11.5 Å². The number of rotatable bonds is 10. The number of aryl methyl sites for hydroxylation is 1. The first-order valence-electron chi connectivity index (χ1n) is 11.2. The molecule has 2 aromatic carbocycles. The fraction of sp³-hybridized carbons (Fsp3) is 0.480. The average Bonchev–Trinajstić information content (AvgIpc) is 2.80. The number of carbonyl (C=O) groups is 1. The highest BCUT2D eigenvalue weighted by Crippen LogP contribution is 2.29. The Morgan fingerprint density at radius 3 is 2.48 bits per heavy atom. The molecule has 0 aromatic heterocycles. The van der Waals surface area contributed by atoms with Crippen LogP contribution in [-0.2, 0) is 4.74 Å². The lowest BCUT2D eigenvalue weighted by atomic mass is 10.0. The van der Waals surface area contributed by atoms with Gasteiger partial charge in [-0.1, -0.05) is 36.8 Å². The Morgan fingerprint density at radius 2 is 1.81 bits per heavy atom. The standard InChI is InChI=1S/C25H34N2O4/c1-4-14-31-23-11-10-21(17-24(23)30-5-2)25(28)26-18-22(27-12-15-29-16-13-27)20-8-6-19(3)7-9-20/h6-11,17,22H,4-5,12-16,18H2,1-3H3,(H,26,28). The van der Waals surface area contributed by atoms with Crippen molar-refractivity contribution in [3.8, 4) is 11.5 Å². The quantitative estimate of drug-likeness (QED) is 0.623. The maximum Gasteiger partial charge on any atom is 0.251 e. The van der Waals surface area contributed by atoms with Crippen LogP contribution in [0.4, 0.5) is 0 Å². The number of hydrogen-bond acceptors (Lipinski definition) is 5. The maximum absolute atomic E-state index is 12.9. The normalized spacial score (nSPS) is 15.3. The smallest absolute Gasteiger partial charge is 0.251 e. The van der Waals surface area contributed by atoms with Crippen molar-refractivity contribution in [2.24, 2.45) is 0 Å². The van der Waals surface area contributed by atoms with E-state index in [9.17, 15) is 4.79 Å². The van der Waals surface area contributed by atoms with Crippen molar-refractivity contribution in [3.05, 3.63) is 59.2 Å². The number of hydrogen-bond donors (Lipinski definition) is 1. The molecule has 0 aliphatic carbocycles. The summed E-state index contributed by atoms with van der Waals surface area (Å²) in [5.74, 6) is 1.16. The first-order valence-corrected chi connectivity index (χ1v) is 11.2. The van der Waals surface area contributed by atoms with Gasteiger partial charge in [-0.2, -0.15) is 0 Å². The van der Waals surface area contributed by atoms with Crippen molar-refractivity contribution in [1.82, 2.24) is 10.2 Å². The van der Waals surface area contributed by atoms with Gasteiger partial charge in [0.15, 0.2) is 11.5 Å². The van der Waals surface area contributed by atoms with Crippen LogP contribution < -0.4 is 14.8 Å². The van der Waals surface area contributed by atoms with Gasteiger partial charge in [0.1, 0.15) is 0 Å². The van der Waals surface area contributed by atoms with Crippen LogP contribution in [0.1, 0.15) is 47.8 Å². The second kappa shape index (κ2) is 11.7. The molecule has 1 heterocycles. The molecule has 168 valence electrons. The molecule has 3 rings (SSSR count). The minimum atomic E-state index is -0.117. The molecule has 1 amide bonds. The van der Waals surface area contributed by atoms with E-state index in [1.165, 1.54) is 11.1 Å². The third-order valence-electron chi connectivity index (χ3n) is 5.37. The Balaban J connectivity index is 1.72. The summed E-state index contributed by atoms with van der Waals surface area (Å²) >= 11 is 0. The van der Waals surface area contributed by atoms with Crippen molar-refractivity contribution in [3.63, 3.8) is 0 Å². The van der Waals surface area contributed by atoms with Gasteiger partial charge in [-0.25, -0.2) is 0 Å². The Bertz CT molecular complexity index is 832. The van der Waals surface area contributed by atoms with E-state index < -0.39 is 0 Å². The zero-order valence-electron chi connectivity index (χ0n) is 18.9. The molecule has 1 N–H and O–H groups in total. The first kappa shape index (κ1) is 23.1. The van der Waals surface area contributed by atoms with Crippen LogP contribution in [0, 0.1) is 6.92 Å². The summed E-state index contributed by atoms with van der Waals surface area (Å²) in [7, 11) is 0. The van der Waals surface area contributed by atoms with Crippen molar-refractivity contribution in [2.75, 3.05) is 46.1 Å². The molecule has 1 aliphatic rings. The topological polar surface area (TPSA) is 60.0 Å². The molecule has 0 saturated carbocycles. The molecule has 0 bridgehead atoms. The summed E-state index contributed by atoms with van der Waals surface area (Å²) in [6.45, 7) is 10.9. The van der Waals surface area contributed by atoms with E-state index in [1.54, 1.807) is 12.1 Å². The zero-order chi connectivity index (χ0) is 22.1. The highest BCUT2D eigenvalue weighted by molar-refractivity contribution is 5.94. The number of morpholine rings is 1. The summed E-state index contributed by atoms with van der Waals surface area (Å²) in [6, 6.07) is 14.0. The van der Waals surface area contributed by atoms with Crippen molar-refractivity contribution >= 4 is 5.91 Å². The van der Waals surface area contributed by atoms with Crippen LogP contribution in [-0.4, -0.2) is 56.9 Å². The van der Waals surface area contributed by atoms with Crippen molar-refractivity contribution in [2.45, 2.75) is 33.2 Å². The van der Waals surface area contributed by atoms with Gasteiger partial charge in [-0.05, 0) is 44.0 Å². The van der Waals surface area contributed by atoms with Crippen LogP contribution >= 0.6 is 0 Å². The van der Waals surface area contributed by atoms with Gasteiger partial charge in [0.25, 0.3) is 5.91 Å². The number of nitrogens with one attached hydrogen (secondary N) is 1. The molecular weight excluding hydrogens is 392 g/mol. The summed E-state index contributed by atoms with van der Waals surface area (Å²) in [5, 5.41) is 3.12. The molecule has 2 aromatic rings. The minimum absolute atomic E-state index is 0.104. The molecule has 31 heavy (non-hydrogen) atoms. The van der Waals surface area contributed by atoms with Gasteiger partial charge in [-0.3, -0.25) is 9.69 Å². The van der Waals surface area contributed by atoms with Gasteiger partial charge >= 0.3 is 0 Å². The predicted molar refractivity (Wildman–Crippen MR) is 122 cm³/mol. The van der Waals surface area contributed by atoms with Gasteiger partial charge < -0.3 is 19.5 Å². The number of nitrogens with zero attached hydrogens (tertiary/aromatic N) is 1. The summed E-state index contributed by atoms with van der Waals surface area (Å²) < 4.78 is 17.0. The molecule has 1 aliphatic heterocycles. The second-order valence-electron chi connectivity index (χ2n) is 7.73. The van der Waals surface area contributed by atoms with E-state index in [0.29, 0.717) is 50.0 Å². The fourth-order valence-electron chi connectivity index (χ4n) is 3.68. The minimum Gasteiger partial charge on any atom is -0.490 e. The van der Waals surface area contributed by atoms with E-state index in [0.717, 1.165) is 19.5 Å². The Kier molecular flexibility index (Phi) is 8.74. The van der Waals surface area contributed by atoms with Gasteiger partial charge in [-0.15, -0.1) is 0 Å². The number of benzene rings is 2. The molecule has 1 atom stereocenters. The Hall–Kier alpha value is -2.57. The third kappa shape index (κ3) is 6.45. The monoisotopic (exact) mass is 426 g/mol.